The fraction of sp³-hybridized carbons (Fsp3) is 0.625. The first kappa shape index (κ1) is 13.6. The number of ether oxygens (including phenoxy) is 1. The van der Waals surface area contributed by atoms with E-state index in [1.54, 1.807) is 7.11 Å². The van der Waals surface area contributed by atoms with Crippen molar-refractivity contribution in [3.8, 4) is 0 Å². The highest BCUT2D eigenvalue weighted by atomic mass is 16.5. The molecule has 1 aliphatic rings. The Hall–Kier alpha value is -0.860. The largest absolute Gasteiger partial charge is 0.388 e. The third kappa shape index (κ3) is 3.33. The van der Waals surface area contributed by atoms with Gasteiger partial charge in [-0.25, -0.2) is 0 Å². The predicted molar refractivity (Wildman–Crippen MR) is 73.7 cm³/mol. The van der Waals surface area contributed by atoms with E-state index in [2.05, 4.69) is 32.0 Å². The maximum absolute atomic E-state index is 10.4. The van der Waals surface area contributed by atoms with E-state index in [1.165, 1.54) is 18.4 Å². The molecule has 1 fully saturated rings. The van der Waals surface area contributed by atoms with Crippen LogP contribution in [-0.2, 0) is 4.74 Å². The molecular formula is C16H24O2. The lowest BCUT2D eigenvalue weighted by Crippen LogP contribution is -2.23. The van der Waals surface area contributed by atoms with Crippen LogP contribution in [0.1, 0.15) is 62.7 Å². The molecule has 1 unspecified atom stereocenters. The zero-order valence-corrected chi connectivity index (χ0v) is 11.6. The van der Waals surface area contributed by atoms with Gasteiger partial charge in [-0.05, 0) is 56.6 Å². The highest BCUT2D eigenvalue weighted by Gasteiger charge is 2.28. The number of benzene rings is 1. The van der Waals surface area contributed by atoms with Gasteiger partial charge in [0.25, 0.3) is 0 Å². The van der Waals surface area contributed by atoms with E-state index in [0.29, 0.717) is 5.92 Å². The second-order valence-electron chi connectivity index (χ2n) is 5.92. The third-order valence-electron chi connectivity index (χ3n) is 3.94. The molecule has 0 aromatic heterocycles. The van der Waals surface area contributed by atoms with E-state index >= 15 is 0 Å². The zero-order chi connectivity index (χ0) is 13.2. The SMILES string of the molecule is COC(C)(C)CCC(O)c1ccccc1C1CC1. The highest BCUT2D eigenvalue weighted by Crippen LogP contribution is 2.43. The molecule has 1 saturated carbocycles. The van der Waals surface area contributed by atoms with Gasteiger partial charge in [-0.15, -0.1) is 0 Å². The first-order valence-corrected chi connectivity index (χ1v) is 6.85. The molecule has 0 radical (unpaired) electrons. The number of methoxy groups -OCH3 is 1. The molecule has 1 aliphatic carbocycles. The Morgan fingerprint density at radius 3 is 2.61 bits per heavy atom. The van der Waals surface area contributed by atoms with Crippen LogP contribution in [0.25, 0.3) is 0 Å². The van der Waals surface area contributed by atoms with Crippen molar-refractivity contribution in [1.82, 2.24) is 0 Å². The van der Waals surface area contributed by atoms with E-state index in [9.17, 15) is 5.11 Å². The number of hydrogen-bond acceptors (Lipinski definition) is 2. The van der Waals surface area contributed by atoms with E-state index in [0.717, 1.165) is 18.4 Å². The molecule has 2 rings (SSSR count). The first-order chi connectivity index (χ1) is 8.53. The molecule has 100 valence electrons. The van der Waals surface area contributed by atoms with Crippen molar-refractivity contribution in [1.29, 1.82) is 0 Å². The molecule has 2 heteroatoms. The summed E-state index contributed by atoms with van der Waals surface area (Å²) in [5, 5.41) is 10.4. The normalized spacial score (nSPS) is 17.8. The summed E-state index contributed by atoms with van der Waals surface area (Å²) in [5.74, 6) is 0.686. The minimum absolute atomic E-state index is 0.157. The van der Waals surface area contributed by atoms with Gasteiger partial charge >= 0.3 is 0 Å². The molecule has 0 heterocycles. The zero-order valence-electron chi connectivity index (χ0n) is 11.6. The van der Waals surface area contributed by atoms with Crippen molar-refractivity contribution >= 4 is 0 Å². The van der Waals surface area contributed by atoms with E-state index < -0.39 is 0 Å². The minimum atomic E-state index is -0.365. The smallest absolute Gasteiger partial charge is 0.0793 e. The van der Waals surface area contributed by atoms with Crippen molar-refractivity contribution in [3.05, 3.63) is 35.4 Å². The molecule has 2 nitrogen and oxygen atoms in total. The monoisotopic (exact) mass is 248 g/mol. The number of rotatable bonds is 6. The van der Waals surface area contributed by atoms with Crippen molar-refractivity contribution in [2.45, 2.75) is 57.2 Å². The van der Waals surface area contributed by atoms with Crippen LogP contribution in [-0.4, -0.2) is 17.8 Å². The summed E-state index contributed by atoms with van der Waals surface area (Å²) < 4.78 is 5.40. The molecule has 0 amide bonds. The van der Waals surface area contributed by atoms with Gasteiger partial charge in [0.15, 0.2) is 0 Å². The average molecular weight is 248 g/mol. The molecule has 0 aliphatic heterocycles. The van der Waals surface area contributed by atoms with Gasteiger partial charge in [0.05, 0.1) is 11.7 Å². The van der Waals surface area contributed by atoms with Crippen LogP contribution >= 0.6 is 0 Å². The summed E-state index contributed by atoms with van der Waals surface area (Å²) in [5.41, 5.74) is 2.31. The summed E-state index contributed by atoms with van der Waals surface area (Å²) in [7, 11) is 1.73. The van der Waals surface area contributed by atoms with Gasteiger partial charge in [0.1, 0.15) is 0 Å². The Labute approximate surface area is 110 Å². The lowest BCUT2D eigenvalue weighted by Gasteiger charge is -2.25. The van der Waals surface area contributed by atoms with Crippen LogP contribution in [0.5, 0.6) is 0 Å². The van der Waals surface area contributed by atoms with E-state index in [1.807, 2.05) is 6.07 Å². The lowest BCUT2D eigenvalue weighted by atomic mass is 9.93. The summed E-state index contributed by atoms with van der Waals surface area (Å²) in [6, 6.07) is 8.32. The van der Waals surface area contributed by atoms with Gasteiger partial charge in [0, 0.05) is 7.11 Å². The van der Waals surface area contributed by atoms with Gasteiger partial charge in [-0.1, -0.05) is 24.3 Å². The summed E-state index contributed by atoms with van der Waals surface area (Å²) >= 11 is 0. The van der Waals surface area contributed by atoms with Crippen molar-refractivity contribution in [3.63, 3.8) is 0 Å². The Bertz CT molecular complexity index is 394. The average Bonchev–Trinajstić information content (AvgIpc) is 3.20. The molecule has 0 saturated heterocycles. The fourth-order valence-electron chi connectivity index (χ4n) is 2.32. The number of hydrogen-bond donors (Lipinski definition) is 1. The predicted octanol–water partition coefficient (Wildman–Crippen LogP) is 3.80. The van der Waals surface area contributed by atoms with Crippen LogP contribution in [0.15, 0.2) is 24.3 Å². The Balaban J connectivity index is 2.02. The van der Waals surface area contributed by atoms with Crippen molar-refractivity contribution < 1.29 is 9.84 Å². The topological polar surface area (TPSA) is 29.5 Å². The lowest BCUT2D eigenvalue weighted by molar-refractivity contribution is 0.00271. The van der Waals surface area contributed by atoms with E-state index in [-0.39, 0.29) is 11.7 Å². The summed E-state index contributed by atoms with van der Waals surface area (Å²) in [6.45, 7) is 4.12. The summed E-state index contributed by atoms with van der Waals surface area (Å²) in [4.78, 5) is 0. The maximum Gasteiger partial charge on any atom is 0.0793 e. The number of aliphatic hydroxyl groups excluding tert-OH is 1. The van der Waals surface area contributed by atoms with Gasteiger partial charge in [0.2, 0.25) is 0 Å². The molecule has 1 aromatic carbocycles. The van der Waals surface area contributed by atoms with E-state index in [4.69, 9.17) is 4.74 Å². The molecule has 1 aromatic rings. The van der Waals surface area contributed by atoms with Crippen molar-refractivity contribution in [2.24, 2.45) is 0 Å². The van der Waals surface area contributed by atoms with Crippen LogP contribution in [0, 0.1) is 0 Å². The second-order valence-corrected chi connectivity index (χ2v) is 5.92. The minimum Gasteiger partial charge on any atom is -0.388 e. The fourth-order valence-corrected chi connectivity index (χ4v) is 2.32. The molecule has 0 spiro atoms. The first-order valence-electron chi connectivity index (χ1n) is 6.85. The van der Waals surface area contributed by atoms with Crippen LogP contribution < -0.4 is 0 Å². The molecule has 0 bridgehead atoms. The Morgan fingerprint density at radius 1 is 1.33 bits per heavy atom. The van der Waals surface area contributed by atoms with Crippen LogP contribution in [0.3, 0.4) is 0 Å². The highest BCUT2D eigenvalue weighted by molar-refractivity contribution is 5.34. The van der Waals surface area contributed by atoms with Crippen LogP contribution in [0.4, 0.5) is 0 Å². The molecule has 1 N–H and O–H groups in total. The number of aliphatic hydroxyl groups is 1. The molecule has 1 atom stereocenters. The summed E-state index contributed by atoms with van der Waals surface area (Å²) in [6.07, 6.45) is 3.80. The molecule has 18 heavy (non-hydrogen) atoms. The van der Waals surface area contributed by atoms with Gasteiger partial charge in [-0.2, -0.15) is 0 Å². The Morgan fingerprint density at radius 2 is 2.00 bits per heavy atom. The third-order valence-corrected chi connectivity index (χ3v) is 3.94. The maximum atomic E-state index is 10.4. The quantitative estimate of drug-likeness (QED) is 0.829. The second kappa shape index (κ2) is 5.41. The van der Waals surface area contributed by atoms with Gasteiger partial charge < -0.3 is 9.84 Å². The van der Waals surface area contributed by atoms with Crippen molar-refractivity contribution in [2.75, 3.05) is 7.11 Å². The van der Waals surface area contributed by atoms with Gasteiger partial charge in [-0.3, -0.25) is 0 Å². The van der Waals surface area contributed by atoms with Crippen LogP contribution in [0.2, 0.25) is 0 Å². The standard InChI is InChI=1S/C16H24O2/c1-16(2,18-3)11-10-15(17)14-7-5-4-6-13(14)12-8-9-12/h4-7,12,15,17H,8-11H2,1-3H3. The molecular weight excluding hydrogens is 224 g/mol. The Kier molecular flexibility index (Phi) is 4.08.